The molecule has 0 saturated heterocycles. The molecule has 1 atom stereocenters. The van der Waals surface area contributed by atoms with Crippen molar-refractivity contribution in [2.75, 3.05) is 19.0 Å². The molecular weight excluding hydrogens is 449 g/mol. The first kappa shape index (κ1) is 23.2. The molecule has 3 N–H and O–H groups in total. The van der Waals surface area contributed by atoms with E-state index in [2.05, 4.69) is 21.4 Å². The Bertz CT molecular complexity index is 1220. The smallest absolute Gasteiger partial charge is 0.378 e. The number of rotatable bonds is 8. The lowest BCUT2D eigenvalue weighted by Gasteiger charge is -2.13. The maximum Gasteiger partial charge on any atom is 0.416 e. The quantitative estimate of drug-likeness (QED) is 0.354. The average molecular weight is 473 g/mol. The van der Waals surface area contributed by atoms with Crippen LogP contribution in [0.1, 0.15) is 16.8 Å². The highest BCUT2D eigenvalue weighted by Gasteiger charge is 2.30. The Balaban J connectivity index is 1.44. The fourth-order valence-electron chi connectivity index (χ4n) is 3.54. The summed E-state index contributed by atoms with van der Waals surface area (Å²) in [5.41, 5.74) is 8.18. The van der Waals surface area contributed by atoms with Gasteiger partial charge in [0, 0.05) is 37.5 Å². The molecule has 4 aromatic rings. The Labute approximate surface area is 193 Å². The van der Waals surface area contributed by atoms with Gasteiger partial charge in [-0.3, -0.25) is 4.98 Å². The summed E-state index contributed by atoms with van der Waals surface area (Å²) >= 11 is 1.52. The molecule has 0 spiro atoms. The molecule has 9 heteroatoms. The lowest BCUT2D eigenvalue weighted by Crippen LogP contribution is -2.31. The van der Waals surface area contributed by atoms with Crippen LogP contribution >= 0.6 is 11.3 Å². The van der Waals surface area contributed by atoms with E-state index in [0.29, 0.717) is 19.6 Å². The van der Waals surface area contributed by atoms with Crippen molar-refractivity contribution < 1.29 is 17.9 Å². The number of benzene rings is 2. The van der Waals surface area contributed by atoms with Crippen molar-refractivity contribution in [2.45, 2.75) is 25.2 Å². The highest BCUT2D eigenvalue weighted by atomic mass is 32.1. The second kappa shape index (κ2) is 9.86. The number of methoxy groups -OCH3 is 1. The summed E-state index contributed by atoms with van der Waals surface area (Å²) in [6.45, 7) is 0.809. The maximum atomic E-state index is 12.7. The van der Waals surface area contributed by atoms with Crippen molar-refractivity contribution in [2.24, 2.45) is 5.73 Å². The molecule has 0 aliphatic carbocycles. The Kier molecular flexibility index (Phi) is 6.92. The molecule has 0 amide bonds. The lowest BCUT2D eigenvalue weighted by molar-refractivity contribution is -0.137. The van der Waals surface area contributed by atoms with E-state index in [-0.39, 0.29) is 6.04 Å². The van der Waals surface area contributed by atoms with Crippen molar-refractivity contribution in [1.29, 1.82) is 0 Å². The normalized spacial score (nSPS) is 12.8. The van der Waals surface area contributed by atoms with Gasteiger partial charge < -0.3 is 15.8 Å². The van der Waals surface area contributed by atoms with Crippen molar-refractivity contribution in [1.82, 2.24) is 9.97 Å². The van der Waals surface area contributed by atoms with E-state index in [1.807, 2.05) is 24.4 Å². The van der Waals surface area contributed by atoms with Crippen molar-refractivity contribution in [3.8, 4) is 10.4 Å². The number of hydrogen-bond acceptors (Lipinski definition) is 6. The number of alkyl halides is 3. The molecule has 2 heterocycles. The number of nitrogens with one attached hydrogen (secondary N) is 1. The summed E-state index contributed by atoms with van der Waals surface area (Å²) in [5.74, 6) is 0. The van der Waals surface area contributed by atoms with E-state index < -0.39 is 11.7 Å². The minimum atomic E-state index is -4.34. The average Bonchev–Trinajstić information content (AvgIpc) is 3.20. The fraction of sp³-hybridized carbons (Fsp3) is 0.250. The Morgan fingerprint density at radius 3 is 2.61 bits per heavy atom. The van der Waals surface area contributed by atoms with Crippen LogP contribution < -0.4 is 11.1 Å². The van der Waals surface area contributed by atoms with Gasteiger partial charge in [-0.2, -0.15) is 13.2 Å². The van der Waals surface area contributed by atoms with Crippen LogP contribution in [0.2, 0.25) is 0 Å². The van der Waals surface area contributed by atoms with Gasteiger partial charge in [0.1, 0.15) is 0 Å². The summed E-state index contributed by atoms with van der Waals surface area (Å²) in [5, 5.41) is 6.13. The first-order valence-electron chi connectivity index (χ1n) is 10.3. The van der Waals surface area contributed by atoms with Crippen LogP contribution in [-0.4, -0.2) is 29.7 Å². The number of nitrogens with zero attached hydrogens (tertiary/aromatic N) is 2. The molecule has 0 saturated carbocycles. The molecule has 33 heavy (non-hydrogen) atoms. The first-order valence-corrected chi connectivity index (χ1v) is 11.1. The number of hydrogen-bond donors (Lipinski definition) is 2. The molecule has 0 bridgehead atoms. The summed E-state index contributed by atoms with van der Waals surface area (Å²) in [6, 6.07) is 13.0. The van der Waals surface area contributed by atoms with Gasteiger partial charge in [0.2, 0.25) is 0 Å². The van der Waals surface area contributed by atoms with Gasteiger partial charge in [-0.05, 0) is 47.2 Å². The molecule has 2 aromatic carbocycles. The molecular formula is C24H23F3N4OS. The number of nitrogens with two attached hydrogens (primary N) is 1. The van der Waals surface area contributed by atoms with Crippen LogP contribution in [0, 0.1) is 0 Å². The van der Waals surface area contributed by atoms with E-state index in [4.69, 9.17) is 10.5 Å². The van der Waals surface area contributed by atoms with Gasteiger partial charge >= 0.3 is 6.18 Å². The van der Waals surface area contributed by atoms with Crippen molar-refractivity contribution in [3.05, 3.63) is 77.7 Å². The second-order valence-corrected chi connectivity index (χ2v) is 8.70. The van der Waals surface area contributed by atoms with Crippen LogP contribution in [0.5, 0.6) is 0 Å². The highest BCUT2D eigenvalue weighted by molar-refractivity contribution is 7.19. The van der Waals surface area contributed by atoms with Crippen LogP contribution in [0.15, 0.2) is 60.9 Å². The molecule has 0 aliphatic heterocycles. The van der Waals surface area contributed by atoms with Crippen LogP contribution in [0.3, 0.4) is 0 Å². The van der Waals surface area contributed by atoms with Crippen LogP contribution in [-0.2, 0) is 23.9 Å². The minimum Gasteiger partial charge on any atom is -0.378 e. The molecule has 2 aromatic heterocycles. The summed E-state index contributed by atoms with van der Waals surface area (Å²) < 4.78 is 43.5. The predicted octanol–water partition coefficient (Wildman–Crippen LogP) is 5.51. The van der Waals surface area contributed by atoms with E-state index in [1.54, 1.807) is 13.3 Å². The van der Waals surface area contributed by atoms with Gasteiger partial charge in [0.15, 0.2) is 5.13 Å². The third kappa shape index (κ3) is 5.68. The summed E-state index contributed by atoms with van der Waals surface area (Å²) in [7, 11) is 1.63. The Morgan fingerprint density at radius 1 is 1.09 bits per heavy atom. The minimum absolute atomic E-state index is 0.284. The maximum absolute atomic E-state index is 12.7. The monoisotopic (exact) mass is 472 g/mol. The Hall–Kier alpha value is -3.01. The van der Waals surface area contributed by atoms with E-state index >= 15 is 0 Å². The van der Waals surface area contributed by atoms with Gasteiger partial charge in [-0.25, -0.2) is 4.98 Å². The van der Waals surface area contributed by atoms with Crippen molar-refractivity contribution >= 4 is 27.2 Å². The number of aromatic nitrogens is 2. The zero-order valence-corrected chi connectivity index (χ0v) is 18.7. The van der Waals surface area contributed by atoms with Crippen LogP contribution in [0.4, 0.5) is 18.3 Å². The Morgan fingerprint density at radius 2 is 1.88 bits per heavy atom. The largest absolute Gasteiger partial charge is 0.416 e. The third-order valence-electron chi connectivity index (χ3n) is 5.18. The van der Waals surface area contributed by atoms with Gasteiger partial charge in [0.05, 0.1) is 22.7 Å². The van der Waals surface area contributed by atoms with E-state index in [9.17, 15) is 13.2 Å². The molecule has 5 nitrogen and oxygen atoms in total. The lowest BCUT2D eigenvalue weighted by atomic mass is 10.0. The van der Waals surface area contributed by atoms with Gasteiger partial charge in [-0.15, -0.1) is 0 Å². The zero-order valence-electron chi connectivity index (χ0n) is 17.9. The topological polar surface area (TPSA) is 73.1 Å². The first-order chi connectivity index (χ1) is 15.8. The molecule has 4 rings (SSSR count). The van der Waals surface area contributed by atoms with E-state index in [0.717, 1.165) is 49.7 Å². The molecule has 1 unspecified atom stereocenters. The molecule has 0 radical (unpaired) electrons. The predicted molar refractivity (Wildman–Crippen MR) is 125 cm³/mol. The standard InChI is InChI=1S/C24H23F3N4OS/c1-32-14-21-22(17-4-5-18-12-29-9-8-16(18)11-17)33-23(31-21)30-13-20(28)10-15-2-6-19(7-3-15)24(25,26)27/h2-9,11-12,20H,10,13-14,28H2,1H3,(H,30,31). The number of pyridine rings is 1. The highest BCUT2D eigenvalue weighted by Crippen LogP contribution is 2.35. The molecule has 0 aliphatic rings. The number of halogens is 3. The second-order valence-electron chi connectivity index (χ2n) is 7.71. The number of anilines is 1. The van der Waals surface area contributed by atoms with E-state index in [1.165, 1.54) is 23.5 Å². The van der Waals surface area contributed by atoms with Gasteiger partial charge in [-0.1, -0.05) is 35.6 Å². The van der Waals surface area contributed by atoms with Crippen LogP contribution in [0.25, 0.3) is 21.2 Å². The van der Waals surface area contributed by atoms with Crippen molar-refractivity contribution in [3.63, 3.8) is 0 Å². The number of fused-ring (bicyclic) bond motifs is 1. The van der Waals surface area contributed by atoms with Gasteiger partial charge in [0.25, 0.3) is 0 Å². The third-order valence-corrected chi connectivity index (χ3v) is 6.28. The molecule has 172 valence electrons. The zero-order chi connectivity index (χ0) is 23.4. The number of thiazole rings is 1. The summed E-state index contributed by atoms with van der Waals surface area (Å²) in [6.07, 6.45) is -0.299. The summed E-state index contributed by atoms with van der Waals surface area (Å²) in [4.78, 5) is 9.82. The SMILES string of the molecule is COCc1nc(NCC(N)Cc2ccc(C(F)(F)F)cc2)sc1-c1ccc2cnccc2c1. The fourth-order valence-corrected chi connectivity index (χ4v) is 4.51. The molecule has 0 fully saturated rings. The number of ether oxygens (including phenoxy) is 1.